The van der Waals surface area contributed by atoms with Gasteiger partial charge in [0, 0.05) is 56.2 Å². The van der Waals surface area contributed by atoms with Gasteiger partial charge in [-0.2, -0.15) is 0 Å². The third-order valence-electron chi connectivity index (χ3n) is 7.40. The summed E-state index contributed by atoms with van der Waals surface area (Å²) >= 11 is 0. The molecule has 0 spiro atoms. The molecule has 2 aromatic heterocycles. The fourth-order valence-electron chi connectivity index (χ4n) is 5.30. The summed E-state index contributed by atoms with van der Waals surface area (Å²) in [5.41, 5.74) is 5.63. The maximum Gasteiger partial charge on any atom is 0.277 e. The summed E-state index contributed by atoms with van der Waals surface area (Å²) in [5.74, 6) is 1.05. The van der Waals surface area contributed by atoms with E-state index in [9.17, 15) is 4.79 Å². The van der Waals surface area contributed by atoms with Crippen LogP contribution in [0.1, 0.15) is 60.9 Å². The molecule has 2 aliphatic rings. The number of aryl methyl sites for hydroxylation is 1. The predicted octanol–water partition coefficient (Wildman–Crippen LogP) is 3.97. The summed E-state index contributed by atoms with van der Waals surface area (Å²) in [5, 5.41) is 4.99. The van der Waals surface area contributed by atoms with Gasteiger partial charge in [0.05, 0.1) is 11.7 Å². The number of anilines is 1. The van der Waals surface area contributed by atoms with Gasteiger partial charge in [-0.1, -0.05) is 37.5 Å². The van der Waals surface area contributed by atoms with E-state index in [-0.39, 0.29) is 12.0 Å². The molecule has 1 saturated carbocycles. The van der Waals surface area contributed by atoms with E-state index in [1.165, 1.54) is 22.9 Å². The Labute approximate surface area is 207 Å². The number of nitrogens with one attached hydrogen (secondary N) is 2. The van der Waals surface area contributed by atoms with Crippen molar-refractivity contribution in [1.82, 2.24) is 25.3 Å². The van der Waals surface area contributed by atoms with E-state index in [4.69, 9.17) is 4.84 Å². The summed E-state index contributed by atoms with van der Waals surface area (Å²) in [7, 11) is 2.11. The third kappa shape index (κ3) is 5.82. The van der Waals surface area contributed by atoms with Crippen molar-refractivity contribution in [2.24, 2.45) is 13.0 Å². The lowest BCUT2D eigenvalue weighted by Gasteiger charge is -2.32. The molecular weight excluding hydrogens is 440 g/mol. The number of nitrogens with zero attached hydrogens (tertiary/aromatic N) is 4. The average Bonchev–Trinajstić information content (AvgIpc) is 3.24. The van der Waals surface area contributed by atoms with E-state index in [2.05, 4.69) is 67.7 Å². The Morgan fingerprint density at radius 3 is 2.57 bits per heavy atom. The average molecular weight is 477 g/mol. The summed E-state index contributed by atoms with van der Waals surface area (Å²) in [6.45, 7) is 3.75. The minimum atomic E-state index is -0.280. The van der Waals surface area contributed by atoms with E-state index >= 15 is 0 Å². The third-order valence-corrected chi connectivity index (χ3v) is 7.40. The van der Waals surface area contributed by atoms with Crippen molar-refractivity contribution in [1.29, 1.82) is 0 Å². The van der Waals surface area contributed by atoms with Gasteiger partial charge in [0.25, 0.3) is 5.91 Å². The Kier molecular flexibility index (Phi) is 7.59. The van der Waals surface area contributed by atoms with E-state index < -0.39 is 0 Å². The van der Waals surface area contributed by atoms with Gasteiger partial charge in [-0.25, -0.2) is 15.4 Å². The molecule has 1 aliphatic heterocycles. The minimum Gasteiger partial charge on any atom is -0.350 e. The number of hydrogen-bond acceptors (Lipinski definition) is 6. The van der Waals surface area contributed by atoms with E-state index in [0.29, 0.717) is 17.4 Å². The normalized spacial score (nSPS) is 17.7. The first kappa shape index (κ1) is 23.8. The second-order valence-electron chi connectivity index (χ2n) is 9.92. The second kappa shape index (κ2) is 11.2. The van der Waals surface area contributed by atoms with Crippen LogP contribution in [0.5, 0.6) is 0 Å². The van der Waals surface area contributed by atoms with Crippen molar-refractivity contribution in [3.05, 3.63) is 54.0 Å². The van der Waals surface area contributed by atoms with Gasteiger partial charge in [-0.3, -0.25) is 9.63 Å². The highest BCUT2D eigenvalue weighted by molar-refractivity contribution is 5.92. The van der Waals surface area contributed by atoms with Crippen molar-refractivity contribution >= 4 is 22.8 Å². The van der Waals surface area contributed by atoms with Gasteiger partial charge in [-0.05, 0) is 49.8 Å². The number of rotatable bonds is 8. The number of para-hydroxylation sites is 1. The molecule has 0 atom stereocenters. The maximum atomic E-state index is 12.4. The topological polar surface area (TPSA) is 84.3 Å². The first-order valence-electron chi connectivity index (χ1n) is 12.9. The number of aromatic nitrogens is 3. The molecule has 0 unspecified atom stereocenters. The molecule has 1 amide bonds. The molecular formula is C27H36N6O2. The Hall–Kier alpha value is -2.97. The number of piperidine rings is 1. The van der Waals surface area contributed by atoms with Crippen LogP contribution in [0.2, 0.25) is 0 Å². The lowest BCUT2D eigenvalue weighted by Crippen LogP contribution is -2.38. The van der Waals surface area contributed by atoms with Crippen molar-refractivity contribution in [2.45, 2.75) is 57.6 Å². The standard InChI is InChI=1S/C27H36N6O2/c1-32-19-22(24-9-5-6-10-25(24)32)16-28-15-20-11-13-33(14-12-20)27-29-17-21(18-30-27)26(34)31-35-23-7-3-2-4-8-23/h5-6,9-10,17-20,23,28H,2-4,7-8,11-16H2,1H3,(H,31,34). The summed E-state index contributed by atoms with van der Waals surface area (Å²) < 4.78 is 2.20. The number of carbonyl (C=O) groups is 1. The molecule has 8 nitrogen and oxygen atoms in total. The van der Waals surface area contributed by atoms with Crippen LogP contribution in [0, 0.1) is 5.92 Å². The molecule has 1 saturated heterocycles. The largest absolute Gasteiger partial charge is 0.350 e. The molecule has 3 heterocycles. The number of carbonyl (C=O) groups excluding carboxylic acids is 1. The lowest BCUT2D eigenvalue weighted by atomic mass is 9.97. The second-order valence-corrected chi connectivity index (χ2v) is 9.92. The molecule has 0 radical (unpaired) electrons. The van der Waals surface area contributed by atoms with Crippen molar-refractivity contribution in [3.8, 4) is 0 Å². The lowest BCUT2D eigenvalue weighted by molar-refractivity contribution is -0.0312. The summed E-state index contributed by atoms with van der Waals surface area (Å²) in [6, 6.07) is 8.56. The SMILES string of the molecule is Cn1cc(CNCC2CCN(c3ncc(C(=O)NOC4CCCCC4)cn3)CC2)c2ccccc21. The van der Waals surface area contributed by atoms with E-state index in [1.807, 2.05) is 0 Å². The number of hydrogen-bond donors (Lipinski definition) is 2. The molecule has 2 fully saturated rings. The van der Waals surface area contributed by atoms with Crippen LogP contribution in [-0.2, 0) is 18.4 Å². The quantitative estimate of drug-likeness (QED) is 0.479. The summed E-state index contributed by atoms with van der Waals surface area (Å²) in [6.07, 6.45) is 13.3. The smallest absolute Gasteiger partial charge is 0.277 e. The molecule has 1 aromatic carbocycles. The zero-order valence-electron chi connectivity index (χ0n) is 20.6. The molecule has 35 heavy (non-hydrogen) atoms. The van der Waals surface area contributed by atoms with Crippen LogP contribution in [0.4, 0.5) is 5.95 Å². The molecule has 5 rings (SSSR count). The molecule has 1 aliphatic carbocycles. The van der Waals surface area contributed by atoms with Crippen LogP contribution in [0.3, 0.4) is 0 Å². The van der Waals surface area contributed by atoms with Crippen molar-refractivity contribution in [3.63, 3.8) is 0 Å². The number of amides is 1. The van der Waals surface area contributed by atoms with E-state index in [1.54, 1.807) is 12.4 Å². The predicted molar refractivity (Wildman–Crippen MR) is 137 cm³/mol. The molecule has 2 N–H and O–H groups in total. The molecule has 3 aromatic rings. The van der Waals surface area contributed by atoms with Crippen LogP contribution in [0.25, 0.3) is 10.9 Å². The highest BCUT2D eigenvalue weighted by Gasteiger charge is 2.22. The van der Waals surface area contributed by atoms with Crippen molar-refractivity contribution in [2.75, 3.05) is 24.5 Å². The number of benzene rings is 1. The number of hydroxylamine groups is 1. The monoisotopic (exact) mass is 476 g/mol. The highest BCUT2D eigenvalue weighted by atomic mass is 16.7. The van der Waals surface area contributed by atoms with Gasteiger partial charge in [0.15, 0.2) is 0 Å². The van der Waals surface area contributed by atoms with Gasteiger partial charge in [0.1, 0.15) is 0 Å². The zero-order valence-corrected chi connectivity index (χ0v) is 20.6. The zero-order chi connectivity index (χ0) is 24.0. The van der Waals surface area contributed by atoms with Gasteiger partial charge < -0.3 is 14.8 Å². The number of fused-ring (bicyclic) bond motifs is 1. The van der Waals surface area contributed by atoms with Crippen LogP contribution in [0.15, 0.2) is 42.9 Å². The first-order valence-corrected chi connectivity index (χ1v) is 12.9. The van der Waals surface area contributed by atoms with E-state index in [0.717, 1.165) is 64.7 Å². The highest BCUT2D eigenvalue weighted by Crippen LogP contribution is 2.23. The fraction of sp³-hybridized carbons (Fsp3) is 0.519. The Morgan fingerprint density at radius 2 is 1.80 bits per heavy atom. The molecule has 8 heteroatoms. The summed E-state index contributed by atoms with van der Waals surface area (Å²) in [4.78, 5) is 29.0. The van der Waals surface area contributed by atoms with Crippen LogP contribution >= 0.6 is 0 Å². The van der Waals surface area contributed by atoms with Gasteiger partial charge in [0.2, 0.25) is 5.95 Å². The van der Waals surface area contributed by atoms with Crippen LogP contribution < -0.4 is 15.7 Å². The first-order chi connectivity index (χ1) is 17.2. The van der Waals surface area contributed by atoms with Gasteiger partial charge in [-0.15, -0.1) is 0 Å². The van der Waals surface area contributed by atoms with Gasteiger partial charge >= 0.3 is 0 Å². The molecule has 186 valence electrons. The van der Waals surface area contributed by atoms with Crippen molar-refractivity contribution < 1.29 is 9.63 Å². The molecule has 0 bridgehead atoms. The van der Waals surface area contributed by atoms with Crippen LogP contribution in [-0.4, -0.2) is 46.2 Å². The maximum absolute atomic E-state index is 12.4. The fourth-order valence-corrected chi connectivity index (χ4v) is 5.30. The Balaban J connectivity index is 1.05. The minimum absolute atomic E-state index is 0.121. The Bertz CT molecular complexity index is 1110. The Morgan fingerprint density at radius 1 is 1.06 bits per heavy atom.